The van der Waals surface area contributed by atoms with Gasteiger partial charge in [0.15, 0.2) is 0 Å². The molecule has 0 aliphatic heterocycles. The first kappa shape index (κ1) is 14.4. The number of halogens is 2. The van der Waals surface area contributed by atoms with Crippen molar-refractivity contribution in [3.05, 3.63) is 29.8 Å². The van der Waals surface area contributed by atoms with E-state index in [4.69, 9.17) is 9.84 Å². The van der Waals surface area contributed by atoms with E-state index in [1.54, 1.807) is 24.3 Å². The van der Waals surface area contributed by atoms with Crippen molar-refractivity contribution in [3.63, 3.8) is 0 Å². The van der Waals surface area contributed by atoms with Gasteiger partial charge in [0.2, 0.25) is 0 Å². The fourth-order valence-electron chi connectivity index (χ4n) is 1.27. The summed E-state index contributed by atoms with van der Waals surface area (Å²) in [5.41, 5.74) is 0.670. The number of aliphatic carboxylic acids is 1. The van der Waals surface area contributed by atoms with Crippen LogP contribution in [0.4, 0.5) is 8.78 Å². The zero-order valence-electron chi connectivity index (χ0n) is 9.64. The highest BCUT2D eigenvalue weighted by atomic mass is 19.3. The number of benzene rings is 1. The predicted molar refractivity (Wildman–Crippen MR) is 60.1 cm³/mol. The topological polar surface area (TPSA) is 55.8 Å². The SMILES string of the molecule is O=C(O)Cc1ccc(OCCOCC(F)F)cc1. The normalized spacial score (nSPS) is 10.6. The van der Waals surface area contributed by atoms with Gasteiger partial charge in [0, 0.05) is 0 Å². The van der Waals surface area contributed by atoms with Gasteiger partial charge in [0.05, 0.1) is 13.0 Å². The Labute approximate surface area is 103 Å². The molecule has 1 aromatic rings. The molecule has 6 heteroatoms. The largest absolute Gasteiger partial charge is 0.491 e. The van der Waals surface area contributed by atoms with E-state index in [0.717, 1.165) is 0 Å². The molecule has 1 rings (SSSR count). The van der Waals surface area contributed by atoms with Crippen molar-refractivity contribution in [2.24, 2.45) is 0 Å². The van der Waals surface area contributed by atoms with Gasteiger partial charge >= 0.3 is 5.97 Å². The molecular weight excluding hydrogens is 246 g/mol. The van der Waals surface area contributed by atoms with Crippen molar-refractivity contribution in [1.29, 1.82) is 0 Å². The van der Waals surface area contributed by atoms with Gasteiger partial charge in [-0.1, -0.05) is 12.1 Å². The molecule has 0 aliphatic rings. The summed E-state index contributed by atoms with van der Waals surface area (Å²) in [5.74, 6) is -0.353. The Balaban J connectivity index is 2.24. The Kier molecular flexibility index (Phi) is 6.07. The van der Waals surface area contributed by atoms with Crippen LogP contribution in [-0.2, 0) is 16.0 Å². The second-order valence-corrected chi connectivity index (χ2v) is 3.53. The molecule has 0 radical (unpaired) electrons. The minimum absolute atomic E-state index is 0.0439. The lowest BCUT2D eigenvalue weighted by Gasteiger charge is -2.07. The van der Waals surface area contributed by atoms with Crippen LogP contribution in [0.15, 0.2) is 24.3 Å². The summed E-state index contributed by atoms with van der Waals surface area (Å²) in [5, 5.41) is 8.57. The first-order valence-corrected chi connectivity index (χ1v) is 5.37. The van der Waals surface area contributed by atoms with Crippen molar-refractivity contribution in [3.8, 4) is 5.75 Å². The Hall–Kier alpha value is -1.69. The number of alkyl halides is 2. The van der Waals surface area contributed by atoms with E-state index in [9.17, 15) is 13.6 Å². The summed E-state index contributed by atoms with van der Waals surface area (Å²) >= 11 is 0. The summed E-state index contributed by atoms with van der Waals surface area (Å²) < 4.78 is 33.3. The predicted octanol–water partition coefficient (Wildman–Crippen LogP) is 1.97. The molecule has 0 saturated carbocycles. The molecule has 0 atom stereocenters. The van der Waals surface area contributed by atoms with Crippen LogP contribution in [0.3, 0.4) is 0 Å². The fourth-order valence-corrected chi connectivity index (χ4v) is 1.27. The molecule has 1 N–H and O–H groups in total. The van der Waals surface area contributed by atoms with E-state index in [1.165, 1.54) is 0 Å². The zero-order chi connectivity index (χ0) is 13.4. The summed E-state index contributed by atoms with van der Waals surface area (Å²) in [7, 11) is 0. The number of hydrogen-bond acceptors (Lipinski definition) is 3. The maximum atomic E-state index is 11.7. The van der Waals surface area contributed by atoms with Crippen molar-refractivity contribution >= 4 is 5.97 Å². The number of carboxylic acids is 1. The summed E-state index contributed by atoms with van der Waals surface area (Å²) in [6.45, 7) is -0.340. The molecule has 0 unspecified atom stereocenters. The molecule has 0 saturated heterocycles. The Morgan fingerprint density at radius 2 is 1.89 bits per heavy atom. The molecule has 1 aromatic carbocycles. The molecule has 18 heavy (non-hydrogen) atoms. The number of hydrogen-bond donors (Lipinski definition) is 1. The monoisotopic (exact) mass is 260 g/mol. The van der Waals surface area contributed by atoms with E-state index in [0.29, 0.717) is 11.3 Å². The number of ether oxygens (including phenoxy) is 2. The highest BCUT2D eigenvalue weighted by Gasteiger charge is 2.02. The number of rotatable bonds is 8. The van der Waals surface area contributed by atoms with Crippen molar-refractivity contribution in [2.75, 3.05) is 19.8 Å². The van der Waals surface area contributed by atoms with Crippen LogP contribution in [0.2, 0.25) is 0 Å². The maximum absolute atomic E-state index is 11.7. The molecule has 4 nitrogen and oxygen atoms in total. The van der Waals surface area contributed by atoms with Gasteiger partial charge in [0.25, 0.3) is 6.43 Å². The van der Waals surface area contributed by atoms with Crippen LogP contribution >= 0.6 is 0 Å². The average Bonchev–Trinajstić information content (AvgIpc) is 2.30. The minimum Gasteiger partial charge on any atom is -0.491 e. The Bertz CT molecular complexity index is 365. The van der Waals surface area contributed by atoms with Crippen molar-refractivity contribution < 1.29 is 28.2 Å². The van der Waals surface area contributed by atoms with Gasteiger partial charge in [-0.25, -0.2) is 8.78 Å². The third-order valence-electron chi connectivity index (χ3n) is 2.02. The lowest BCUT2D eigenvalue weighted by Crippen LogP contribution is -2.11. The molecule has 0 bridgehead atoms. The van der Waals surface area contributed by atoms with Gasteiger partial charge in [-0.3, -0.25) is 4.79 Å². The quantitative estimate of drug-likeness (QED) is 0.726. The average molecular weight is 260 g/mol. The van der Waals surface area contributed by atoms with Gasteiger partial charge in [0.1, 0.15) is 19.0 Å². The van der Waals surface area contributed by atoms with E-state index < -0.39 is 19.0 Å². The molecule has 0 aliphatic carbocycles. The van der Waals surface area contributed by atoms with Crippen LogP contribution in [-0.4, -0.2) is 37.3 Å². The van der Waals surface area contributed by atoms with E-state index in [2.05, 4.69) is 4.74 Å². The molecular formula is C12H14F2O4. The summed E-state index contributed by atoms with van der Waals surface area (Å²) in [4.78, 5) is 10.4. The fraction of sp³-hybridized carbons (Fsp3) is 0.417. The number of carboxylic acid groups (broad SMARTS) is 1. The molecule has 0 heterocycles. The van der Waals surface area contributed by atoms with Gasteiger partial charge < -0.3 is 14.6 Å². The molecule has 0 aromatic heterocycles. The van der Waals surface area contributed by atoms with Gasteiger partial charge in [-0.05, 0) is 17.7 Å². The third-order valence-corrected chi connectivity index (χ3v) is 2.02. The standard InChI is InChI=1S/C12H14F2O4/c13-11(14)8-17-5-6-18-10-3-1-9(2-4-10)7-12(15)16/h1-4,11H,5-8H2,(H,15,16). The van der Waals surface area contributed by atoms with Crippen LogP contribution in [0.25, 0.3) is 0 Å². The summed E-state index contributed by atoms with van der Waals surface area (Å²) in [6, 6.07) is 6.55. The summed E-state index contributed by atoms with van der Waals surface area (Å²) in [6.07, 6.45) is -2.52. The van der Waals surface area contributed by atoms with Crippen molar-refractivity contribution in [2.45, 2.75) is 12.8 Å². The van der Waals surface area contributed by atoms with Crippen LogP contribution < -0.4 is 4.74 Å². The first-order chi connectivity index (χ1) is 8.58. The maximum Gasteiger partial charge on any atom is 0.307 e. The van der Waals surface area contributed by atoms with E-state index >= 15 is 0 Å². The van der Waals surface area contributed by atoms with Crippen LogP contribution in [0, 0.1) is 0 Å². The lowest BCUT2D eigenvalue weighted by molar-refractivity contribution is -0.136. The van der Waals surface area contributed by atoms with E-state index in [1.807, 2.05) is 0 Å². The molecule has 0 spiro atoms. The van der Waals surface area contributed by atoms with Crippen LogP contribution in [0.1, 0.15) is 5.56 Å². The second-order valence-electron chi connectivity index (χ2n) is 3.53. The van der Waals surface area contributed by atoms with Crippen molar-refractivity contribution in [1.82, 2.24) is 0 Å². The smallest absolute Gasteiger partial charge is 0.307 e. The second kappa shape index (κ2) is 7.60. The molecule has 0 amide bonds. The van der Waals surface area contributed by atoms with Crippen LogP contribution in [0.5, 0.6) is 5.75 Å². The lowest BCUT2D eigenvalue weighted by atomic mass is 10.1. The molecule has 0 fully saturated rings. The first-order valence-electron chi connectivity index (χ1n) is 5.37. The third kappa shape index (κ3) is 6.15. The zero-order valence-corrected chi connectivity index (χ0v) is 9.64. The van der Waals surface area contributed by atoms with Gasteiger partial charge in [-0.2, -0.15) is 0 Å². The highest BCUT2D eigenvalue weighted by molar-refractivity contribution is 5.70. The Morgan fingerprint density at radius 1 is 1.22 bits per heavy atom. The highest BCUT2D eigenvalue weighted by Crippen LogP contribution is 2.12. The van der Waals surface area contributed by atoms with E-state index in [-0.39, 0.29) is 19.6 Å². The number of carbonyl (C=O) groups is 1. The minimum atomic E-state index is -2.47. The Morgan fingerprint density at radius 3 is 2.44 bits per heavy atom. The molecule has 100 valence electrons. The van der Waals surface area contributed by atoms with Gasteiger partial charge in [-0.15, -0.1) is 0 Å².